The average Bonchev–Trinajstić information content (AvgIpc) is 2.87. The van der Waals surface area contributed by atoms with E-state index < -0.39 is 0 Å². The first-order valence-corrected chi connectivity index (χ1v) is 6.83. The molecule has 1 aliphatic rings. The molecule has 90 valence electrons. The Morgan fingerprint density at radius 3 is 2.81 bits per heavy atom. The van der Waals surface area contributed by atoms with Crippen LogP contribution in [0.15, 0.2) is 9.64 Å². The molecule has 1 heterocycles. The van der Waals surface area contributed by atoms with Gasteiger partial charge in [-0.2, -0.15) is 0 Å². The summed E-state index contributed by atoms with van der Waals surface area (Å²) >= 11 is 1.44. The first-order valence-electron chi connectivity index (χ1n) is 5.85. The summed E-state index contributed by atoms with van der Waals surface area (Å²) in [7, 11) is 0. The van der Waals surface area contributed by atoms with E-state index in [1.807, 2.05) is 0 Å². The van der Waals surface area contributed by atoms with Crippen molar-refractivity contribution in [3.8, 4) is 0 Å². The Balaban J connectivity index is 1.68. The Hall–Kier alpha value is -0.550. The van der Waals surface area contributed by atoms with Gasteiger partial charge in [0.25, 0.3) is 5.22 Å². The zero-order valence-corrected chi connectivity index (χ0v) is 10.4. The van der Waals surface area contributed by atoms with E-state index in [-0.39, 0.29) is 6.10 Å². The maximum Gasteiger partial charge on any atom is 0.276 e. The normalized spacial score (nSPS) is 19.1. The van der Waals surface area contributed by atoms with E-state index in [0.29, 0.717) is 16.9 Å². The summed E-state index contributed by atoms with van der Waals surface area (Å²) in [5.74, 6) is 1.95. The largest absolute Gasteiger partial charge is 0.416 e. The lowest BCUT2D eigenvalue weighted by Crippen LogP contribution is -2.14. The molecule has 1 aliphatic carbocycles. The molecule has 4 nitrogen and oxygen atoms in total. The summed E-state index contributed by atoms with van der Waals surface area (Å²) in [5.41, 5.74) is 0. The van der Waals surface area contributed by atoms with Gasteiger partial charge in [0, 0.05) is 12.7 Å². The number of rotatable bonds is 5. The Labute approximate surface area is 99.8 Å². The Bertz CT molecular complexity index is 324. The predicted octanol–water partition coefficient (Wildman–Crippen LogP) is 2.41. The quantitative estimate of drug-likeness (QED) is 0.803. The molecule has 1 N–H and O–H groups in total. The molecule has 0 spiro atoms. The van der Waals surface area contributed by atoms with Gasteiger partial charge in [0.1, 0.15) is 0 Å². The number of aryl methyl sites for hydroxylation is 1. The Morgan fingerprint density at radius 2 is 2.19 bits per heavy atom. The van der Waals surface area contributed by atoms with Gasteiger partial charge in [-0.3, -0.25) is 0 Å². The highest BCUT2D eigenvalue weighted by Gasteiger charge is 2.19. The molecular formula is C11H18N2O2S. The van der Waals surface area contributed by atoms with Gasteiger partial charge >= 0.3 is 0 Å². The second-order valence-corrected chi connectivity index (χ2v) is 5.41. The third kappa shape index (κ3) is 3.49. The fraction of sp³-hybridized carbons (Fsp3) is 0.818. The van der Waals surface area contributed by atoms with E-state index in [4.69, 9.17) is 4.42 Å². The third-order valence-corrected chi connectivity index (χ3v) is 3.95. The smallest absolute Gasteiger partial charge is 0.276 e. The van der Waals surface area contributed by atoms with Crippen LogP contribution in [0.5, 0.6) is 0 Å². The van der Waals surface area contributed by atoms with Crippen molar-refractivity contribution in [1.82, 2.24) is 10.2 Å². The fourth-order valence-electron chi connectivity index (χ4n) is 2.20. The van der Waals surface area contributed by atoms with Gasteiger partial charge < -0.3 is 9.52 Å². The van der Waals surface area contributed by atoms with Crippen LogP contribution in [0.3, 0.4) is 0 Å². The van der Waals surface area contributed by atoms with Crippen molar-refractivity contribution >= 4 is 11.8 Å². The molecule has 5 heteroatoms. The summed E-state index contributed by atoms with van der Waals surface area (Å²) < 4.78 is 5.23. The first-order chi connectivity index (χ1) is 7.74. The molecule has 1 saturated carbocycles. The van der Waals surface area contributed by atoms with E-state index >= 15 is 0 Å². The molecule has 1 unspecified atom stereocenters. The van der Waals surface area contributed by atoms with Crippen LogP contribution in [-0.2, 0) is 0 Å². The monoisotopic (exact) mass is 242 g/mol. The van der Waals surface area contributed by atoms with Crippen molar-refractivity contribution in [3.63, 3.8) is 0 Å². The number of hydrogen-bond donors (Lipinski definition) is 1. The molecule has 16 heavy (non-hydrogen) atoms. The summed E-state index contributed by atoms with van der Waals surface area (Å²) in [6, 6.07) is 0. The average molecular weight is 242 g/mol. The highest BCUT2D eigenvalue weighted by Crippen LogP contribution is 2.29. The molecule has 0 bridgehead atoms. The van der Waals surface area contributed by atoms with Crippen LogP contribution in [0, 0.1) is 12.8 Å². The minimum absolute atomic E-state index is 0.250. The molecule has 0 aromatic carbocycles. The van der Waals surface area contributed by atoms with Crippen molar-refractivity contribution < 1.29 is 9.52 Å². The molecule has 1 aromatic rings. The fourth-order valence-corrected chi connectivity index (χ4v) is 2.95. The minimum Gasteiger partial charge on any atom is -0.416 e. The highest BCUT2D eigenvalue weighted by molar-refractivity contribution is 7.99. The lowest BCUT2D eigenvalue weighted by molar-refractivity contribution is 0.165. The Kier molecular flexibility index (Phi) is 4.23. The molecule has 0 radical (unpaired) electrons. The third-order valence-electron chi connectivity index (χ3n) is 2.99. The number of nitrogens with zero attached hydrogens (tertiary/aromatic N) is 2. The number of aliphatic hydroxyl groups excluding tert-OH is 1. The van der Waals surface area contributed by atoms with Crippen LogP contribution >= 0.6 is 11.8 Å². The molecule has 1 atom stereocenters. The molecule has 2 rings (SSSR count). The van der Waals surface area contributed by atoms with E-state index in [9.17, 15) is 5.11 Å². The van der Waals surface area contributed by atoms with Crippen LogP contribution < -0.4 is 0 Å². The van der Waals surface area contributed by atoms with Gasteiger partial charge in [-0.15, -0.1) is 10.2 Å². The number of aromatic nitrogens is 2. The Morgan fingerprint density at radius 1 is 1.44 bits per heavy atom. The summed E-state index contributed by atoms with van der Waals surface area (Å²) in [6.07, 6.45) is 5.88. The standard InChI is InChI=1S/C11H18N2O2S/c1-8-12-13-11(15-8)16-7-10(14)6-9-4-2-3-5-9/h9-10,14H,2-7H2,1H3. The van der Waals surface area contributed by atoms with Crippen LogP contribution in [-0.4, -0.2) is 27.2 Å². The van der Waals surface area contributed by atoms with Gasteiger partial charge in [-0.1, -0.05) is 37.4 Å². The molecule has 0 amide bonds. The number of hydrogen-bond acceptors (Lipinski definition) is 5. The van der Waals surface area contributed by atoms with Gasteiger partial charge in [0.2, 0.25) is 5.89 Å². The first kappa shape index (κ1) is 11.9. The molecule has 0 aliphatic heterocycles. The number of thioether (sulfide) groups is 1. The SMILES string of the molecule is Cc1nnc(SCC(O)CC2CCCC2)o1. The van der Waals surface area contributed by atoms with Crippen molar-refractivity contribution in [3.05, 3.63) is 5.89 Å². The minimum atomic E-state index is -0.250. The summed E-state index contributed by atoms with van der Waals surface area (Å²) in [6.45, 7) is 1.77. The van der Waals surface area contributed by atoms with Crippen LogP contribution in [0.25, 0.3) is 0 Å². The van der Waals surface area contributed by atoms with Crippen LogP contribution in [0.1, 0.15) is 38.0 Å². The van der Waals surface area contributed by atoms with Gasteiger partial charge in [-0.25, -0.2) is 0 Å². The van der Waals surface area contributed by atoms with Crippen molar-refractivity contribution in [2.24, 2.45) is 5.92 Å². The summed E-state index contributed by atoms with van der Waals surface area (Å²) in [5, 5.41) is 18.1. The van der Waals surface area contributed by atoms with E-state index in [1.54, 1.807) is 6.92 Å². The van der Waals surface area contributed by atoms with Gasteiger partial charge in [-0.05, 0) is 12.3 Å². The van der Waals surface area contributed by atoms with Crippen LogP contribution in [0.2, 0.25) is 0 Å². The van der Waals surface area contributed by atoms with E-state index in [0.717, 1.165) is 12.3 Å². The van der Waals surface area contributed by atoms with E-state index in [2.05, 4.69) is 10.2 Å². The number of aliphatic hydroxyl groups is 1. The second kappa shape index (κ2) is 5.68. The molecule has 1 fully saturated rings. The van der Waals surface area contributed by atoms with E-state index in [1.165, 1.54) is 37.4 Å². The van der Waals surface area contributed by atoms with Gasteiger partial charge in [0.15, 0.2) is 0 Å². The lowest BCUT2D eigenvalue weighted by Gasteiger charge is -2.13. The van der Waals surface area contributed by atoms with Crippen LogP contribution in [0.4, 0.5) is 0 Å². The maximum atomic E-state index is 9.87. The van der Waals surface area contributed by atoms with Gasteiger partial charge in [0.05, 0.1) is 6.10 Å². The highest BCUT2D eigenvalue weighted by atomic mass is 32.2. The van der Waals surface area contributed by atoms with Crippen molar-refractivity contribution in [2.75, 3.05) is 5.75 Å². The molecular weight excluding hydrogens is 224 g/mol. The van der Waals surface area contributed by atoms with Crippen molar-refractivity contribution in [1.29, 1.82) is 0 Å². The van der Waals surface area contributed by atoms with Crippen molar-refractivity contribution in [2.45, 2.75) is 50.4 Å². The molecule has 1 aromatic heterocycles. The zero-order chi connectivity index (χ0) is 11.4. The second-order valence-electron chi connectivity index (χ2n) is 4.44. The topological polar surface area (TPSA) is 59.2 Å². The molecule has 0 saturated heterocycles. The zero-order valence-electron chi connectivity index (χ0n) is 9.56. The lowest BCUT2D eigenvalue weighted by atomic mass is 10.0. The summed E-state index contributed by atoms with van der Waals surface area (Å²) in [4.78, 5) is 0. The maximum absolute atomic E-state index is 9.87. The predicted molar refractivity (Wildman–Crippen MR) is 62.3 cm³/mol.